The maximum absolute atomic E-state index is 11.5. The van der Waals surface area contributed by atoms with Gasteiger partial charge in [-0.1, -0.05) is 18.2 Å². The van der Waals surface area contributed by atoms with Crippen molar-refractivity contribution in [3.8, 4) is 5.75 Å². The topological polar surface area (TPSA) is 64.3 Å². The molecule has 1 aromatic rings. The summed E-state index contributed by atoms with van der Waals surface area (Å²) in [7, 11) is 0. The molecule has 0 saturated carbocycles. The summed E-state index contributed by atoms with van der Waals surface area (Å²) in [5, 5.41) is 0. The first-order valence-corrected chi connectivity index (χ1v) is 5.58. The highest BCUT2D eigenvalue weighted by Crippen LogP contribution is 2.25. The predicted octanol–water partition coefficient (Wildman–Crippen LogP) is 1.70. The molecule has 0 aliphatic rings. The van der Waals surface area contributed by atoms with Gasteiger partial charge in [0, 0.05) is 0 Å². The van der Waals surface area contributed by atoms with Crippen LogP contribution in [0, 0.1) is 19.3 Å². The average Bonchev–Trinajstić information content (AvgIpc) is 2.27. The monoisotopic (exact) mass is 236 g/mol. The van der Waals surface area contributed by atoms with Gasteiger partial charge in [-0.05, 0) is 38.8 Å². The number of rotatable bonds is 4. The van der Waals surface area contributed by atoms with E-state index in [9.17, 15) is 4.79 Å². The van der Waals surface area contributed by atoms with E-state index >= 15 is 0 Å². The number of carbonyl (C=O) groups is 1. The molecule has 0 spiro atoms. The molecule has 17 heavy (non-hydrogen) atoms. The number of hydrazine groups is 1. The summed E-state index contributed by atoms with van der Waals surface area (Å²) in [5.41, 5.74) is 3.63. The Bertz CT molecular complexity index is 394. The Morgan fingerprint density at radius 3 is 2.35 bits per heavy atom. The number of ether oxygens (including phenoxy) is 1. The summed E-state index contributed by atoms with van der Waals surface area (Å²) >= 11 is 0. The molecule has 1 rings (SSSR count). The van der Waals surface area contributed by atoms with Crippen LogP contribution < -0.4 is 16.0 Å². The van der Waals surface area contributed by atoms with E-state index in [1.165, 1.54) is 0 Å². The summed E-state index contributed by atoms with van der Waals surface area (Å²) in [4.78, 5) is 11.5. The van der Waals surface area contributed by atoms with Crippen LogP contribution in [-0.4, -0.2) is 12.5 Å². The number of nitrogens with two attached hydrogens (primary N) is 1. The zero-order valence-electron chi connectivity index (χ0n) is 10.8. The molecule has 1 aromatic carbocycles. The van der Waals surface area contributed by atoms with Gasteiger partial charge in [0.1, 0.15) is 12.4 Å². The van der Waals surface area contributed by atoms with E-state index in [-0.39, 0.29) is 5.91 Å². The highest BCUT2D eigenvalue weighted by molar-refractivity contribution is 5.81. The molecular weight excluding hydrogens is 216 g/mol. The second-order valence-electron chi connectivity index (χ2n) is 4.87. The minimum atomic E-state index is -0.649. The normalized spacial score (nSPS) is 11.1. The fraction of sp³-hybridized carbons (Fsp3) is 0.462. The molecule has 0 aliphatic heterocycles. The molecule has 0 radical (unpaired) electrons. The van der Waals surface area contributed by atoms with Gasteiger partial charge in [-0.15, -0.1) is 0 Å². The molecule has 0 aliphatic carbocycles. The maximum atomic E-state index is 11.5. The molecule has 0 atom stereocenters. The lowest BCUT2D eigenvalue weighted by atomic mass is 9.94. The Balaban J connectivity index is 2.77. The van der Waals surface area contributed by atoms with Crippen molar-refractivity contribution in [1.82, 2.24) is 5.43 Å². The molecule has 94 valence electrons. The van der Waals surface area contributed by atoms with Crippen molar-refractivity contribution in [1.29, 1.82) is 0 Å². The molecule has 0 fully saturated rings. The molecular formula is C13H20N2O2. The number of aryl methyl sites for hydroxylation is 2. The van der Waals surface area contributed by atoms with Crippen molar-refractivity contribution in [2.75, 3.05) is 6.61 Å². The maximum Gasteiger partial charge on any atom is 0.242 e. The smallest absolute Gasteiger partial charge is 0.242 e. The van der Waals surface area contributed by atoms with Crippen LogP contribution in [-0.2, 0) is 4.79 Å². The summed E-state index contributed by atoms with van der Waals surface area (Å²) in [6.07, 6.45) is 0. The third-order valence-corrected chi connectivity index (χ3v) is 2.73. The quantitative estimate of drug-likeness (QED) is 0.475. The zero-order valence-corrected chi connectivity index (χ0v) is 10.8. The van der Waals surface area contributed by atoms with E-state index in [1.807, 2.05) is 32.0 Å². The second-order valence-corrected chi connectivity index (χ2v) is 4.87. The van der Waals surface area contributed by atoms with E-state index in [1.54, 1.807) is 13.8 Å². The van der Waals surface area contributed by atoms with Crippen LogP contribution in [0.25, 0.3) is 0 Å². The largest absolute Gasteiger partial charge is 0.492 e. The van der Waals surface area contributed by atoms with Crippen molar-refractivity contribution in [2.45, 2.75) is 27.7 Å². The van der Waals surface area contributed by atoms with E-state index in [4.69, 9.17) is 10.6 Å². The fourth-order valence-corrected chi connectivity index (χ4v) is 1.54. The first kappa shape index (κ1) is 13.5. The molecule has 0 unspecified atom stereocenters. The predicted molar refractivity (Wildman–Crippen MR) is 67.5 cm³/mol. The van der Waals surface area contributed by atoms with Gasteiger partial charge in [0.15, 0.2) is 0 Å². The lowest BCUT2D eigenvalue weighted by molar-refractivity contribution is -0.130. The van der Waals surface area contributed by atoms with Crippen molar-refractivity contribution in [3.63, 3.8) is 0 Å². The number of carbonyl (C=O) groups excluding carboxylic acids is 1. The third-order valence-electron chi connectivity index (χ3n) is 2.73. The SMILES string of the molecule is Cc1cccc(C)c1OCC(C)(C)C(=O)NN. The van der Waals surface area contributed by atoms with Gasteiger partial charge in [-0.3, -0.25) is 10.2 Å². The first-order valence-electron chi connectivity index (χ1n) is 5.58. The minimum absolute atomic E-state index is 0.233. The molecule has 0 heterocycles. The van der Waals surface area contributed by atoms with E-state index in [0.717, 1.165) is 16.9 Å². The van der Waals surface area contributed by atoms with E-state index in [2.05, 4.69) is 5.43 Å². The molecule has 0 bridgehead atoms. The van der Waals surface area contributed by atoms with Crippen molar-refractivity contribution >= 4 is 5.91 Å². The number of hydrogen-bond acceptors (Lipinski definition) is 3. The van der Waals surface area contributed by atoms with Gasteiger partial charge < -0.3 is 4.74 Å². The number of nitrogens with one attached hydrogen (secondary N) is 1. The number of hydrogen-bond donors (Lipinski definition) is 2. The van der Waals surface area contributed by atoms with Gasteiger partial charge in [0.25, 0.3) is 0 Å². The minimum Gasteiger partial charge on any atom is -0.492 e. The Morgan fingerprint density at radius 1 is 1.35 bits per heavy atom. The molecule has 4 heteroatoms. The van der Waals surface area contributed by atoms with Gasteiger partial charge >= 0.3 is 0 Å². The van der Waals surface area contributed by atoms with Crippen molar-refractivity contribution < 1.29 is 9.53 Å². The van der Waals surface area contributed by atoms with Gasteiger partial charge in [0.2, 0.25) is 5.91 Å². The summed E-state index contributed by atoms with van der Waals surface area (Å²) in [5.74, 6) is 5.74. The third kappa shape index (κ3) is 3.20. The lowest BCUT2D eigenvalue weighted by Crippen LogP contribution is -2.44. The molecule has 4 nitrogen and oxygen atoms in total. The highest BCUT2D eigenvalue weighted by Gasteiger charge is 2.28. The van der Waals surface area contributed by atoms with Gasteiger partial charge in [0.05, 0.1) is 5.41 Å². The van der Waals surface area contributed by atoms with E-state index in [0.29, 0.717) is 6.61 Å². The Labute approximate surface area is 102 Å². The van der Waals surface area contributed by atoms with Gasteiger partial charge in [-0.25, -0.2) is 5.84 Å². The fourth-order valence-electron chi connectivity index (χ4n) is 1.54. The Kier molecular flexibility index (Phi) is 4.12. The Morgan fingerprint density at radius 2 is 1.88 bits per heavy atom. The van der Waals surface area contributed by atoms with Crippen molar-refractivity contribution in [3.05, 3.63) is 29.3 Å². The van der Waals surface area contributed by atoms with Crippen LogP contribution in [0.5, 0.6) is 5.75 Å². The number of benzene rings is 1. The summed E-state index contributed by atoms with van der Waals surface area (Å²) < 4.78 is 5.74. The van der Waals surface area contributed by atoms with Crippen LogP contribution in [0.3, 0.4) is 0 Å². The second kappa shape index (κ2) is 5.19. The van der Waals surface area contributed by atoms with Crippen LogP contribution in [0.2, 0.25) is 0 Å². The van der Waals surface area contributed by atoms with Crippen LogP contribution in [0.1, 0.15) is 25.0 Å². The van der Waals surface area contributed by atoms with E-state index < -0.39 is 5.41 Å². The molecule has 0 aromatic heterocycles. The Hall–Kier alpha value is -1.55. The number of amides is 1. The number of para-hydroxylation sites is 1. The summed E-state index contributed by atoms with van der Waals surface area (Å²) in [6, 6.07) is 5.95. The average molecular weight is 236 g/mol. The standard InChI is InChI=1S/C13H20N2O2/c1-9-6-5-7-10(2)11(9)17-8-13(3,4)12(16)15-14/h5-7H,8,14H2,1-4H3,(H,15,16). The van der Waals surface area contributed by atoms with Gasteiger partial charge in [-0.2, -0.15) is 0 Å². The van der Waals surface area contributed by atoms with Crippen LogP contribution in [0.15, 0.2) is 18.2 Å². The molecule has 0 saturated heterocycles. The molecule has 3 N–H and O–H groups in total. The lowest BCUT2D eigenvalue weighted by Gasteiger charge is -2.23. The zero-order chi connectivity index (χ0) is 13.1. The summed E-state index contributed by atoms with van der Waals surface area (Å²) in [6.45, 7) is 7.85. The van der Waals surface area contributed by atoms with Crippen LogP contribution >= 0.6 is 0 Å². The highest BCUT2D eigenvalue weighted by atomic mass is 16.5. The molecule has 1 amide bonds. The van der Waals surface area contributed by atoms with Crippen LogP contribution in [0.4, 0.5) is 0 Å². The van der Waals surface area contributed by atoms with Crippen molar-refractivity contribution in [2.24, 2.45) is 11.3 Å². The first-order chi connectivity index (χ1) is 7.88.